The summed E-state index contributed by atoms with van der Waals surface area (Å²) in [6.45, 7) is 0.253. The molecule has 0 radical (unpaired) electrons. The van der Waals surface area contributed by atoms with Gasteiger partial charge in [0.2, 0.25) is 0 Å². The molecule has 0 amide bonds. The lowest BCUT2D eigenvalue weighted by Gasteiger charge is -2.14. The molecular formula is C10H9FN2O. The van der Waals surface area contributed by atoms with Gasteiger partial charge in [0, 0.05) is 11.8 Å². The summed E-state index contributed by atoms with van der Waals surface area (Å²) in [5.41, 5.74) is 6.75. The zero-order valence-electron chi connectivity index (χ0n) is 7.38. The second kappa shape index (κ2) is 3.59. The number of rotatable bonds is 1. The fraction of sp³-hybridized carbons (Fsp3) is 0.100. The lowest BCUT2D eigenvalue weighted by molar-refractivity contribution is -0.113. The summed E-state index contributed by atoms with van der Waals surface area (Å²) < 4.78 is 12.6. The van der Waals surface area contributed by atoms with Gasteiger partial charge >= 0.3 is 0 Å². The third-order valence-electron chi connectivity index (χ3n) is 2.02. The first-order valence-electron chi connectivity index (χ1n) is 4.25. The highest BCUT2D eigenvalue weighted by molar-refractivity contribution is 6.22. The molecule has 0 fully saturated rings. The van der Waals surface area contributed by atoms with Gasteiger partial charge in [-0.15, -0.1) is 0 Å². The van der Waals surface area contributed by atoms with Crippen molar-refractivity contribution in [2.45, 2.75) is 0 Å². The molecule has 1 aromatic carbocycles. The number of Topliss-reactive ketones (excluding diaryl/α,β-unsaturated/α-hetero) is 1. The van der Waals surface area contributed by atoms with E-state index in [1.54, 1.807) is 18.3 Å². The average Bonchev–Trinajstić information content (AvgIpc) is 2.20. The highest BCUT2D eigenvalue weighted by Crippen LogP contribution is 2.16. The minimum absolute atomic E-state index is 0.00430. The smallest absolute Gasteiger partial charge is 0.180 e. The Kier molecular flexibility index (Phi) is 2.28. The first-order valence-corrected chi connectivity index (χ1v) is 4.25. The van der Waals surface area contributed by atoms with Crippen molar-refractivity contribution in [1.82, 2.24) is 10.9 Å². The van der Waals surface area contributed by atoms with Gasteiger partial charge in [-0.2, -0.15) is 0 Å². The van der Waals surface area contributed by atoms with E-state index >= 15 is 0 Å². The van der Waals surface area contributed by atoms with Gasteiger partial charge in [0.25, 0.3) is 0 Å². The van der Waals surface area contributed by atoms with E-state index in [-0.39, 0.29) is 18.1 Å². The van der Waals surface area contributed by atoms with Crippen molar-refractivity contribution in [1.29, 1.82) is 0 Å². The van der Waals surface area contributed by atoms with Crippen LogP contribution in [0.3, 0.4) is 0 Å². The number of hydrogen-bond donors (Lipinski definition) is 2. The molecule has 2 rings (SSSR count). The Balaban J connectivity index is 2.34. The van der Waals surface area contributed by atoms with Crippen LogP contribution in [0.1, 0.15) is 5.56 Å². The largest absolute Gasteiger partial charge is 0.328 e. The van der Waals surface area contributed by atoms with Crippen LogP contribution in [0.5, 0.6) is 0 Å². The molecule has 1 aliphatic heterocycles. The lowest BCUT2D eigenvalue weighted by Crippen LogP contribution is -2.37. The van der Waals surface area contributed by atoms with E-state index in [4.69, 9.17) is 0 Å². The molecule has 72 valence electrons. The van der Waals surface area contributed by atoms with Crippen molar-refractivity contribution in [3.63, 3.8) is 0 Å². The molecule has 14 heavy (non-hydrogen) atoms. The molecule has 0 bridgehead atoms. The predicted molar refractivity (Wildman–Crippen MR) is 50.5 cm³/mol. The maximum absolute atomic E-state index is 12.6. The van der Waals surface area contributed by atoms with Gasteiger partial charge in [-0.05, 0) is 17.7 Å². The number of nitrogens with one attached hydrogen (secondary N) is 2. The fourth-order valence-corrected chi connectivity index (χ4v) is 1.30. The third kappa shape index (κ3) is 1.65. The van der Waals surface area contributed by atoms with Crippen molar-refractivity contribution in [3.8, 4) is 0 Å². The first kappa shape index (κ1) is 8.90. The summed E-state index contributed by atoms with van der Waals surface area (Å²) in [7, 11) is 0. The van der Waals surface area contributed by atoms with Crippen LogP contribution in [-0.2, 0) is 4.79 Å². The molecule has 0 saturated heterocycles. The van der Waals surface area contributed by atoms with E-state index in [9.17, 15) is 9.18 Å². The number of hydrogen-bond acceptors (Lipinski definition) is 3. The van der Waals surface area contributed by atoms with Crippen molar-refractivity contribution in [2.75, 3.05) is 6.54 Å². The molecule has 0 spiro atoms. The highest BCUT2D eigenvalue weighted by atomic mass is 19.1. The van der Waals surface area contributed by atoms with Crippen LogP contribution in [-0.4, -0.2) is 12.3 Å². The number of hydrazine groups is 1. The summed E-state index contributed by atoms with van der Waals surface area (Å²) in [5, 5.41) is 0. The third-order valence-corrected chi connectivity index (χ3v) is 2.02. The highest BCUT2D eigenvalue weighted by Gasteiger charge is 2.14. The number of benzene rings is 1. The molecule has 3 nitrogen and oxygen atoms in total. The summed E-state index contributed by atoms with van der Waals surface area (Å²) >= 11 is 0. The molecule has 0 unspecified atom stereocenters. The monoisotopic (exact) mass is 192 g/mol. The number of ketones is 1. The Labute approximate surface area is 80.6 Å². The fourth-order valence-electron chi connectivity index (χ4n) is 1.30. The Morgan fingerprint density at radius 2 is 1.93 bits per heavy atom. The topological polar surface area (TPSA) is 41.1 Å². The first-order chi connectivity index (χ1) is 6.77. The summed E-state index contributed by atoms with van der Waals surface area (Å²) in [4.78, 5) is 11.4. The second-order valence-electron chi connectivity index (χ2n) is 2.99. The second-order valence-corrected chi connectivity index (χ2v) is 2.99. The molecule has 0 atom stereocenters. The average molecular weight is 192 g/mol. The molecule has 4 heteroatoms. The Bertz CT molecular complexity index is 384. The van der Waals surface area contributed by atoms with Crippen molar-refractivity contribution in [3.05, 3.63) is 41.8 Å². The molecule has 0 saturated carbocycles. The van der Waals surface area contributed by atoms with Gasteiger partial charge in [0.05, 0.1) is 6.54 Å². The summed E-state index contributed by atoms with van der Waals surface area (Å²) in [6.07, 6.45) is 1.58. The van der Waals surface area contributed by atoms with E-state index in [1.807, 2.05) is 0 Å². The maximum atomic E-state index is 12.6. The molecule has 0 aliphatic carbocycles. The SMILES string of the molecule is O=C1CNNC=C1c1ccc(F)cc1. The number of carbonyl (C=O) groups is 1. The van der Waals surface area contributed by atoms with Crippen LogP contribution in [0.4, 0.5) is 4.39 Å². The van der Waals surface area contributed by atoms with Crippen molar-refractivity contribution < 1.29 is 9.18 Å². The van der Waals surface area contributed by atoms with Crippen LogP contribution in [0.2, 0.25) is 0 Å². The van der Waals surface area contributed by atoms with Gasteiger partial charge in [0.15, 0.2) is 5.78 Å². The Morgan fingerprint density at radius 3 is 2.57 bits per heavy atom. The standard InChI is InChI=1S/C10H9FN2O/c11-8-3-1-7(2-4-8)9-5-12-13-6-10(9)14/h1-5,12-13H,6H2. The zero-order valence-corrected chi connectivity index (χ0v) is 7.38. The van der Waals surface area contributed by atoms with Crippen molar-refractivity contribution >= 4 is 11.4 Å². The van der Waals surface area contributed by atoms with Crippen LogP contribution < -0.4 is 10.9 Å². The number of halogens is 1. The lowest BCUT2D eigenvalue weighted by atomic mass is 10.0. The van der Waals surface area contributed by atoms with Gasteiger partial charge in [-0.25, -0.2) is 9.82 Å². The Morgan fingerprint density at radius 1 is 1.21 bits per heavy atom. The molecule has 0 aromatic heterocycles. The Hall–Kier alpha value is -1.68. The van der Waals surface area contributed by atoms with Crippen LogP contribution in [0.15, 0.2) is 30.5 Å². The van der Waals surface area contributed by atoms with Crippen molar-refractivity contribution in [2.24, 2.45) is 0 Å². The van der Waals surface area contributed by atoms with E-state index in [1.165, 1.54) is 12.1 Å². The van der Waals surface area contributed by atoms with Crippen LogP contribution in [0, 0.1) is 5.82 Å². The van der Waals surface area contributed by atoms with E-state index in [2.05, 4.69) is 10.9 Å². The van der Waals surface area contributed by atoms with E-state index < -0.39 is 0 Å². The summed E-state index contributed by atoms with van der Waals surface area (Å²) in [6, 6.07) is 5.86. The minimum Gasteiger partial charge on any atom is -0.328 e. The number of carbonyl (C=O) groups excluding carboxylic acids is 1. The molecule has 2 N–H and O–H groups in total. The van der Waals surface area contributed by atoms with Gasteiger partial charge < -0.3 is 5.43 Å². The minimum atomic E-state index is -0.302. The summed E-state index contributed by atoms with van der Waals surface area (Å²) in [5.74, 6) is -0.306. The van der Waals surface area contributed by atoms with Crippen LogP contribution >= 0.6 is 0 Å². The normalized spacial score (nSPS) is 16.1. The molecule has 1 heterocycles. The maximum Gasteiger partial charge on any atom is 0.180 e. The van der Waals surface area contributed by atoms with Crippen LogP contribution in [0.25, 0.3) is 5.57 Å². The zero-order chi connectivity index (χ0) is 9.97. The molecular weight excluding hydrogens is 183 g/mol. The van der Waals surface area contributed by atoms with Gasteiger partial charge in [0.1, 0.15) is 5.82 Å². The van der Waals surface area contributed by atoms with Gasteiger partial charge in [-0.3, -0.25) is 4.79 Å². The van der Waals surface area contributed by atoms with Gasteiger partial charge in [-0.1, -0.05) is 12.1 Å². The van der Waals surface area contributed by atoms with E-state index in [0.717, 1.165) is 5.56 Å². The molecule has 1 aliphatic rings. The molecule has 1 aromatic rings. The quantitative estimate of drug-likeness (QED) is 0.692. The predicted octanol–water partition coefficient (Wildman–Crippen LogP) is 0.843. The van der Waals surface area contributed by atoms with E-state index in [0.29, 0.717) is 5.57 Å².